The number of ketones is 1. The van der Waals surface area contributed by atoms with E-state index in [1.165, 1.54) is 17.0 Å². The molecule has 21 heavy (non-hydrogen) atoms. The van der Waals surface area contributed by atoms with Crippen LogP contribution in [-0.2, 0) is 16.0 Å². The highest BCUT2D eigenvalue weighted by molar-refractivity contribution is 6.01. The number of amides is 1. The summed E-state index contributed by atoms with van der Waals surface area (Å²) in [5, 5.41) is 10.9. The molecule has 0 bridgehead atoms. The van der Waals surface area contributed by atoms with Gasteiger partial charge in [-0.15, -0.1) is 0 Å². The summed E-state index contributed by atoms with van der Waals surface area (Å²) in [5.74, 6) is 0.119. The van der Waals surface area contributed by atoms with Gasteiger partial charge < -0.3 is 4.90 Å². The van der Waals surface area contributed by atoms with Crippen LogP contribution in [0.3, 0.4) is 0 Å². The van der Waals surface area contributed by atoms with Gasteiger partial charge in [-0.3, -0.25) is 19.7 Å². The number of aryl methyl sites for hydroxylation is 1. The number of anilines is 1. The Labute approximate surface area is 121 Å². The van der Waals surface area contributed by atoms with Crippen molar-refractivity contribution in [3.8, 4) is 0 Å². The molecular weight excluding hydrogens is 272 g/mol. The van der Waals surface area contributed by atoms with Crippen LogP contribution in [0.4, 0.5) is 11.4 Å². The average Bonchev–Trinajstić information content (AvgIpc) is 3.28. The second-order valence-electron chi connectivity index (χ2n) is 5.64. The molecular formula is C15H16N2O4. The van der Waals surface area contributed by atoms with Gasteiger partial charge in [0.2, 0.25) is 5.91 Å². The van der Waals surface area contributed by atoms with Gasteiger partial charge in [-0.1, -0.05) is 0 Å². The number of hydrogen-bond acceptors (Lipinski definition) is 4. The molecule has 1 heterocycles. The van der Waals surface area contributed by atoms with E-state index in [-0.39, 0.29) is 29.8 Å². The maximum Gasteiger partial charge on any atom is 0.269 e. The van der Waals surface area contributed by atoms with Crippen LogP contribution in [0.15, 0.2) is 18.2 Å². The third-order valence-corrected chi connectivity index (χ3v) is 4.05. The Morgan fingerprint density at radius 1 is 1.33 bits per heavy atom. The van der Waals surface area contributed by atoms with Crippen molar-refractivity contribution >= 4 is 23.1 Å². The number of non-ortho nitro benzene ring substituents is 1. The summed E-state index contributed by atoms with van der Waals surface area (Å²) in [6, 6.07) is 4.51. The summed E-state index contributed by atoms with van der Waals surface area (Å²) in [6.45, 7) is 0.0916. The Morgan fingerprint density at radius 2 is 2.10 bits per heavy atom. The summed E-state index contributed by atoms with van der Waals surface area (Å²) >= 11 is 0. The molecule has 6 nitrogen and oxygen atoms in total. The first-order valence-corrected chi connectivity index (χ1v) is 7.16. The first kappa shape index (κ1) is 13.7. The Bertz CT molecular complexity index is 622. The summed E-state index contributed by atoms with van der Waals surface area (Å²) in [4.78, 5) is 36.2. The van der Waals surface area contributed by atoms with E-state index in [0.29, 0.717) is 24.9 Å². The van der Waals surface area contributed by atoms with Crippen LogP contribution in [0.5, 0.6) is 0 Å². The van der Waals surface area contributed by atoms with Gasteiger partial charge >= 0.3 is 0 Å². The average molecular weight is 288 g/mol. The molecule has 1 amide bonds. The Morgan fingerprint density at radius 3 is 2.76 bits per heavy atom. The first-order valence-electron chi connectivity index (χ1n) is 7.16. The lowest BCUT2D eigenvalue weighted by Crippen LogP contribution is -2.35. The molecule has 0 spiro atoms. The normalized spacial score (nSPS) is 18.1. The van der Waals surface area contributed by atoms with E-state index in [2.05, 4.69) is 0 Å². The van der Waals surface area contributed by atoms with Crippen LogP contribution in [0.1, 0.15) is 31.2 Å². The fourth-order valence-electron chi connectivity index (χ4n) is 2.71. The van der Waals surface area contributed by atoms with Crippen molar-refractivity contribution in [2.45, 2.75) is 32.1 Å². The van der Waals surface area contributed by atoms with Crippen LogP contribution in [0.25, 0.3) is 0 Å². The fourth-order valence-corrected chi connectivity index (χ4v) is 2.71. The molecule has 0 N–H and O–H groups in total. The molecule has 1 saturated carbocycles. The van der Waals surface area contributed by atoms with E-state index in [1.807, 2.05) is 0 Å². The number of benzene rings is 1. The highest BCUT2D eigenvalue weighted by Crippen LogP contribution is 2.33. The van der Waals surface area contributed by atoms with Gasteiger partial charge in [0.1, 0.15) is 0 Å². The number of carbonyl (C=O) groups is 2. The Kier molecular flexibility index (Phi) is 3.45. The van der Waals surface area contributed by atoms with Gasteiger partial charge in [-0.25, -0.2) is 0 Å². The second-order valence-corrected chi connectivity index (χ2v) is 5.64. The molecule has 1 aromatic carbocycles. The van der Waals surface area contributed by atoms with Gasteiger partial charge in [0, 0.05) is 30.2 Å². The van der Waals surface area contributed by atoms with Crippen molar-refractivity contribution in [1.82, 2.24) is 0 Å². The minimum absolute atomic E-state index is 0.0246. The number of rotatable bonds is 4. The highest BCUT2D eigenvalue weighted by Gasteiger charge is 2.33. The van der Waals surface area contributed by atoms with Crippen molar-refractivity contribution in [2.75, 3.05) is 11.4 Å². The number of hydrogen-bond donors (Lipinski definition) is 0. The molecule has 0 saturated heterocycles. The summed E-state index contributed by atoms with van der Waals surface area (Å²) < 4.78 is 0. The molecule has 3 rings (SSSR count). The number of Topliss-reactive ketones (excluding diaryl/α,β-unsaturated/α-hetero) is 1. The molecule has 0 aromatic heterocycles. The van der Waals surface area contributed by atoms with E-state index >= 15 is 0 Å². The van der Waals surface area contributed by atoms with E-state index in [0.717, 1.165) is 18.4 Å². The lowest BCUT2D eigenvalue weighted by atomic mass is 10.1. The molecule has 1 fully saturated rings. The molecule has 1 aromatic rings. The van der Waals surface area contributed by atoms with Gasteiger partial charge in [0.05, 0.1) is 11.5 Å². The van der Waals surface area contributed by atoms with Crippen LogP contribution in [-0.4, -0.2) is 23.2 Å². The minimum Gasteiger partial charge on any atom is -0.305 e. The number of nitro groups is 1. The van der Waals surface area contributed by atoms with Crippen molar-refractivity contribution in [2.24, 2.45) is 5.92 Å². The Hall–Kier alpha value is -2.24. The summed E-state index contributed by atoms with van der Waals surface area (Å²) in [7, 11) is 0. The maximum absolute atomic E-state index is 12.2. The number of nitrogens with zero attached hydrogens (tertiary/aromatic N) is 2. The van der Waals surface area contributed by atoms with E-state index < -0.39 is 4.92 Å². The largest absolute Gasteiger partial charge is 0.305 e. The van der Waals surface area contributed by atoms with Gasteiger partial charge in [0.15, 0.2) is 5.78 Å². The summed E-state index contributed by atoms with van der Waals surface area (Å²) in [5.41, 5.74) is 1.45. The zero-order chi connectivity index (χ0) is 15.0. The smallest absolute Gasteiger partial charge is 0.269 e. The topological polar surface area (TPSA) is 80.5 Å². The standard InChI is InChI=1S/C15H16N2O4/c18-14(10-4-5-10)9-16-13-7-6-12(17(20)21)8-11(13)2-1-3-15(16)19/h6-8,10H,1-5,9H2. The number of nitro benzene ring substituents is 1. The van der Waals surface area contributed by atoms with Crippen molar-refractivity contribution in [3.63, 3.8) is 0 Å². The zero-order valence-electron chi connectivity index (χ0n) is 11.6. The zero-order valence-corrected chi connectivity index (χ0v) is 11.6. The van der Waals surface area contributed by atoms with E-state index in [9.17, 15) is 19.7 Å². The third-order valence-electron chi connectivity index (χ3n) is 4.05. The van der Waals surface area contributed by atoms with Crippen LogP contribution >= 0.6 is 0 Å². The molecule has 0 unspecified atom stereocenters. The fraction of sp³-hybridized carbons (Fsp3) is 0.467. The van der Waals surface area contributed by atoms with Gasteiger partial charge in [0.25, 0.3) is 5.69 Å². The maximum atomic E-state index is 12.2. The van der Waals surface area contributed by atoms with E-state index in [4.69, 9.17) is 0 Å². The second kappa shape index (κ2) is 5.27. The van der Waals surface area contributed by atoms with Crippen LogP contribution < -0.4 is 4.90 Å². The quantitative estimate of drug-likeness (QED) is 0.628. The molecule has 0 atom stereocenters. The van der Waals surface area contributed by atoms with Crippen molar-refractivity contribution in [3.05, 3.63) is 33.9 Å². The van der Waals surface area contributed by atoms with Crippen LogP contribution in [0, 0.1) is 16.0 Å². The molecule has 1 aliphatic carbocycles. The van der Waals surface area contributed by atoms with Gasteiger partial charge in [-0.2, -0.15) is 0 Å². The van der Waals surface area contributed by atoms with Crippen LogP contribution in [0.2, 0.25) is 0 Å². The third kappa shape index (κ3) is 2.79. The predicted octanol–water partition coefficient (Wildman–Crippen LogP) is 2.24. The molecule has 110 valence electrons. The predicted molar refractivity (Wildman–Crippen MR) is 76.1 cm³/mol. The lowest BCUT2D eigenvalue weighted by Gasteiger charge is -2.22. The highest BCUT2D eigenvalue weighted by atomic mass is 16.6. The number of fused-ring (bicyclic) bond motifs is 1. The monoisotopic (exact) mass is 288 g/mol. The molecule has 1 aliphatic heterocycles. The van der Waals surface area contributed by atoms with E-state index in [1.54, 1.807) is 6.07 Å². The first-order chi connectivity index (χ1) is 10.1. The SMILES string of the molecule is O=C(CN1C(=O)CCCc2cc([N+](=O)[O-])ccc21)C1CC1. The minimum atomic E-state index is -0.438. The summed E-state index contributed by atoms with van der Waals surface area (Å²) in [6.07, 6.45) is 3.47. The Balaban J connectivity index is 1.93. The van der Waals surface area contributed by atoms with Crippen molar-refractivity contribution in [1.29, 1.82) is 0 Å². The molecule has 6 heteroatoms. The lowest BCUT2D eigenvalue weighted by molar-refractivity contribution is -0.384. The molecule has 0 radical (unpaired) electrons. The van der Waals surface area contributed by atoms with Crippen molar-refractivity contribution < 1.29 is 14.5 Å². The number of carbonyl (C=O) groups excluding carboxylic acids is 2. The van der Waals surface area contributed by atoms with Gasteiger partial charge in [-0.05, 0) is 37.3 Å². The molecule has 2 aliphatic rings.